The summed E-state index contributed by atoms with van der Waals surface area (Å²) in [7, 11) is 5.18. The summed E-state index contributed by atoms with van der Waals surface area (Å²) in [6.07, 6.45) is 15.6. The first-order valence-electron chi connectivity index (χ1n) is 22.6. The monoisotopic (exact) mass is 837 g/mol. The standard InChI is InChI=1S/2C17H26O3.C16H24O4/c2*1-11(2)6-7-13-16(4,20-13)15-14(18-5)12(3)8-9-17(15)10-19-17;1-10(2)5-6-12-15(3,20-12)14-13(18-4)11(17)7-8-16(14)9-19-16/h2*6,13-15H,3,7-10H2,1-2,4-5H3;5,12-14H,6-9H2,1-4H3/t2*13-,14-,15-,16+,17+;12-,13-,14-,15+,16+/m111/s1. The van der Waals surface area contributed by atoms with Crippen LogP contribution in [-0.4, -0.2) is 117 Å². The van der Waals surface area contributed by atoms with Crippen molar-refractivity contribution in [1.82, 2.24) is 0 Å². The van der Waals surface area contributed by atoms with Crippen LogP contribution in [0.2, 0.25) is 0 Å². The average Bonchev–Trinajstić information content (AvgIpc) is 3.93. The molecule has 3 spiro atoms. The van der Waals surface area contributed by atoms with Gasteiger partial charge in [0.1, 0.15) is 39.7 Å². The summed E-state index contributed by atoms with van der Waals surface area (Å²) in [4.78, 5) is 12.2. The Labute approximate surface area is 360 Å². The lowest BCUT2D eigenvalue weighted by Crippen LogP contribution is -2.52. The van der Waals surface area contributed by atoms with Gasteiger partial charge in [-0.15, -0.1) is 0 Å². The number of rotatable bonds is 12. The molecule has 336 valence electrons. The molecule has 0 aromatic heterocycles. The van der Waals surface area contributed by atoms with Gasteiger partial charge in [-0.05, 0) is 125 Å². The van der Waals surface area contributed by atoms with E-state index < -0.39 is 0 Å². The van der Waals surface area contributed by atoms with Gasteiger partial charge in [0.05, 0.1) is 68.1 Å². The highest BCUT2D eigenvalue weighted by Crippen LogP contribution is 2.62. The maximum atomic E-state index is 12.2. The number of allylic oxidation sites excluding steroid dienone is 3. The number of carbonyl (C=O) groups is 1. The smallest absolute Gasteiger partial charge is 0.162 e. The van der Waals surface area contributed by atoms with Crippen molar-refractivity contribution in [3.63, 3.8) is 0 Å². The Morgan fingerprint density at radius 1 is 0.550 bits per heavy atom. The Morgan fingerprint density at radius 2 is 0.833 bits per heavy atom. The van der Waals surface area contributed by atoms with E-state index in [2.05, 4.69) is 93.7 Å². The van der Waals surface area contributed by atoms with Gasteiger partial charge in [-0.1, -0.05) is 48.1 Å². The minimum absolute atomic E-state index is 0.0175. The normalized spacial score (nSPS) is 46.4. The molecular formula is C50H76O10. The Morgan fingerprint density at radius 3 is 1.10 bits per heavy atom. The molecule has 0 amide bonds. The SMILES string of the molecule is C=C1CC[C@]2(CO2)[C@@H]([C@@]2(C)O[C@@H]2CC=C(C)C)[C@@H]1OC.C=C1CC[C@]2(CO2)[C@@H]([C@@]2(C)O[C@@H]2CC=C(C)C)[C@@H]1OC.CO[C@@H]1C(=O)CC[C@]2(CO2)[C@H]1[C@@]1(C)O[C@@H]1CC=C(C)C. The van der Waals surface area contributed by atoms with Crippen molar-refractivity contribution in [3.05, 3.63) is 59.3 Å². The Kier molecular flexibility index (Phi) is 12.9. The Bertz CT molecular complexity index is 1540. The van der Waals surface area contributed by atoms with Gasteiger partial charge in [0.15, 0.2) is 5.78 Å². The topological polar surface area (TPSA) is 120 Å². The van der Waals surface area contributed by atoms with Crippen molar-refractivity contribution in [3.8, 4) is 0 Å². The van der Waals surface area contributed by atoms with Gasteiger partial charge in [0.2, 0.25) is 0 Å². The summed E-state index contributed by atoms with van der Waals surface area (Å²) in [5.41, 5.74) is 5.59. The number of carbonyl (C=O) groups excluding carboxylic acids is 1. The van der Waals surface area contributed by atoms with Crippen molar-refractivity contribution in [2.24, 2.45) is 17.8 Å². The molecule has 0 bridgehead atoms. The summed E-state index contributed by atoms with van der Waals surface area (Å²) < 4.78 is 52.7. The van der Waals surface area contributed by atoms with Crippen LogP contribution in [-0.2, 0) is 47.4 Å². The fourth-order valence-electron chi connectivity index (χ4n) is 11.6. The molecule has 10 heteroatoms. The third kappa shape index (κ3) is 8.77. The quantitative estimate of drug-likeness (QED) is 0.139. The number of Topliss-reactive ketones (excluding diaryl/α,β-unsaturated/α-hetero) is 1. The first-order valence-corrected chi connectivity index (χ1v) is 22.6. The lowest BCUT2D eigenvalue weighted by Gasteiger charge is -2.39. The molecule has 60 heavy (non-hydrogen) atoms. The predicted molar refractivity (Wildman–Crippen MR) is 232 cm³/mol. The van der Waals surface area contributed by atoms with Crippen LogP contribution < -0.4 is 0 Å². The van der Waals surface area contributed by atoms with Crippen molar-refractivity contribution < 1.29 is 47.4 Å². The Balaban J connectivity index is 0.000000136. The van der Waals surface area contributed by atoms with Gasteiger partial charge in [0, 0.05) is 27.8 Å². The zero-order valence-electron chi connectivity index (χ0n) is 38.9. The molecule has 0 radical (unpaired) electrons. The van der Waals surface area contributed by atoms with Crippen LogP contribution in [0.4, 0.5) is 0 Å². The summed E-state index contributed by atoms with van der Waals surface area (Å²) in [6, 6.07) is 0. The third-order valence-electron chi connectivity index (χ3n) is 15.6. The molecule has 0 aromatic carbocycles. The first kappa shape index (κ1) is 46.0. The molecule has 10 nitrogen and oxygen atoms in total. The first-order chi connectivity index (χ1) is 28.3. The molecule has 3 saturated carbocycles. The van der Waals surface area contributed by atoms with Crippen molar-refractivity contribution in [2.75, 3.05) is 41.2 Å². The molecule has 6 heterocycles. The molecule has 9 aliphatic rings. The second-order valence-electron chi connectivity index (χ2n) is 20.7. The van der Waals surface area contributed by atoms with Gasteiger partial charge in [-0.25, -0.2) is 0 Å². The lowest BCUT2D eigenvalue weighted by molar-refractivity contribution is -0.142. The Hall–Kier alpha value is -1.99. The van der Waals surface area contributed by atoms with E-state index in [4.69, 9.17) is 42.6 Å². The van der Waals surface area contributed by atoms with E-state index in [0.29, 0.717) is 6.42 Å². The van der Waals surface area contributed by atoms with Gasteiger partial charge >= 0.3 is 0 Å². The molecule has 0 aromatic rings. The van der Waals surface area contributed by atoms with E-state index >= 15 is 0 Å². The molecular weight excluding hydrogens is 761 g/mol. The minimum Gasteiger partial charge on any atom is -0.377 e. The highest BCUT2D eigenvalue weighted by molar-refractivity contribution is 5.85. The van der Waals surface area contributed by atoms with Crippen LogP contribution in [0.5, 0.6) is 0 Å². The van der Waals surface area contributed by atoms with E-state index in [9.17, 15) is 4.79 Å². The highest BCUT2D eigenvalue weighted by atomic mass is 16.6. The maximum absolute atomic E-state index is 12.2. The van der Waals surface area contributed by atoms with Crippen LogP contribution >= 0.6 is 0 Å². The number of hydrogen-bond donors (Lipinski definition) is 0. The molecule has 6 saturated heterocycles. The second kappa shape index (κ2) is 16.9. The fourth-order valence-corrected chi connectivity index (χ4v) is 11.6. The fraction of sp³-hybridized carbons (Fsp3) is 0.780. The molecule has 9 fully saturated rings. The van der Waals surface area contributed by atoms with Crippen LogP contribution in [0, 0.1) is 17.8 Å². The maximum Gasteiger partial charge on any atom is 0.162 e. The van der Waals surface area contributed by atoms with Gasteiger partial charge in [0.25, 0.3) is 0 Å². The molecule has 0 N–H and O–H groups in total. The van der Waals surface area contributed by atoms with Crippen molar-refractivity contribution in [2.45, 2.75) is 190 Å². The van der Waals surface area contributed by atoms with Crippen molar-refractivity contribution >= 4 is 5.78 Å². The molecule has 3 aliphatic carbocycles. The number of ketones is 1. The summed E-state index contributed by atoms with van der Waals surface area (Å²) in [6.45, 7) is 30.1. The lowest BCUT2D eigenvalue weighted by atomic mass is 9.68. The largest absolute Gasteiger partial charge is 0.377 e. The zero-order chi connectivity index (χ0) is 43.6. The predicted octanol–water partition coefficient (Wildman–Crippen LogP) is 8.76. The van der Waals surface area contributed by atoms with E-state index in [1.54, 1.807) is 21.3 Å². The summed E-state index contributed by atoms with van der Waals surface area (Å²) in [5.74, 6) is 0.766. The summed E-state index contributed by atoms with van der Waals surface area (Å²) in [5, 5.41) is 0. The minimum atomic E-state index is -0.382. The van der Waals surface area contributed by atoms with E-state index in [1.807, 2.05) is 0 Å². The summed E-state index contributed by atoms with van der Waals surface area (Å²) >= 11 is 0. The van der Waals surface area contributed by atoms with Crippen LogP contribution in [0.1, 0.15) is 120 Å². The third-order valence-corrected chi connectivity index (χ3v) is 15.6. The number of epoxide rings is 6. The van der Waals surface area contributed by atoms with E-state index in [-0.39, 0.29) is 93.8 Å². The van der Waals surface area contributed by atoms with E-state index in [0.717, 1.165) is 71.2 Å². The van der Waals surface area contributed by atoms with Crippen LogP contribution in [0.25, 0.3) is 0 Å². The molecule has 9 rings (SSSR count). The van der Waals surface area contributed by atoms with Crippen LogP contribution in [0.15, 0.2) is 59.3 Å². The number of ether oxygens (including phenoxy) is 9. The van der Waals surface area contributed by atoms with Crippen molar-refractivity contribution in [1.29, 1.82) is 0 Å². The number of hydrogen-bond acceptors (Lipinski definition) is 10. The molecule has 6 aliphatic heterocycles. The number of methoxy groups -OCH3 is 3. The van der Waals surface area contributed by atoms with Gasteiger partial charge in [-0.2, -0.15) is 0 Å². The zero-order valence-corrected chi connectivity index (χ0v) is 38.9. The van der Waals surface area contributed by atoms with E-state index in [1.165, 1.54) is 27.9 Å². The molecule has 0 unspecified atom stereocenters. The van der Waals surface area contributed by atoms with Crippen LogP contribution in [0.3, 0.4) is 0 Å². The van der Waals surface area contributed by atoms with Gasteiger partial charge in [-0.3, -0.25) is 4.79 Å². The second-order valence-corrected chi connectivity index (χ2v) is 20.7. The molecule has 15 atom stereocenters. The van der Waals surface area contributed by atoms with Gasteiger partial charge < -0.3 is 42.6 Å². The average molecular weight is 837 g/mol. The highest BCUT2D eigenvalue weighted by Gasteiger charge is 2.73.